The van der Waals surface area contributed by atoms with Gasteiger partial charge in [-0.1, -0.05) is 25.3 Å². The molecule has 0 unspecified atom stereocenters. The summed E-state index contributed by atoms with van der Waals surface area (Å²) >= 11 is 0. The molecule has 1 nitrogen and oxygen atoms in total. The van der Waals surface area contributed by atoms with Crippen LogP contribution in [0.5, 0.6) is 0 Å². The fraction of sp³-hybridized carbons (Fsp3) is 0.462. The summed E-state index contributed by atoms with van der Waals surface area (Å²) in [5, 5.41) is 0. The Balaban J connectivity index is 3.50. The zero-order chi connectivity index (χ0) is 11.1. The van der Waals surface area contributed by atoms with Crippen LogP contribution in [-0.4, -0.2) is 5.78 Å². The van der Waals surface area contributed by atoms with Crippen molar-refractivity contribution in [3.05, 3.63) is 36.5 Å². The maximum Gasteiger partial charge on any atom is 0.152 e. The van der Waals surface area contributed by atoms with Gasteiger partial charge in [0, 0.05) is 10.8 Å². The van der Waals surface area contributed by atoms with E-state index in [1.54, 1.807) is 12.2 Å². The number of rotatable bonds is 2. The predicted octanol–water partition coefficient (Wildman–Crippen LogP) is 3.29. The second-order valence-electron chi connectivity index (χ2n) is 4.81. The fourth-order valence-electron chi connectivity index (χ4n) is 2.43. The molecule has 76 valence electrons. The van der Waals surface area contributed by atoms with Crippen molar-refractivity contribution in [1.29, 1.82) is 0 Å². The minimum absolute atomic E-state index is 0.245. The highest BCUT2D eigenvalue weighted by molar-refractivity contribution is 5.99. The zero-order valence-electron chi connectivity index (χ0n) is 9.48. The Kier molecular flexibility index (Phi) is 2.31. The van der Waals surface area contributed by atoms with Crippen LogP contribution in [0.15, 0.2) is 36.5 Å². The molecule has 0 bridgehead atoms. The molecule has 14 heavy (non-hydrogen) atoms. The third kappa shape index (κ3) is 1.12. The van der Waals surface area contributed by atoms with Crippen molar-refractivity contribution in [1.82, 2.24) is 0 Å². The summed E-state index contributed by atoms with van der Waals surface area (Å²) in [5.74, 6) is 0.245. The SMILES string of the molecule is C=CC1=C(C=C)C(C)(C)C(=O)C1(C)C. The van der Waals surface area contributed by atoms with Crippen LogP contribution in [0.1, 0.15) is 27.7 Å². The molecule has 1 aliphatic rings. The lowest BCUT2D eigenvalue weighted by molar-refractivity contribution is -0.130. The van der Waals surface area contributed by atoms with Crippen LogP contribution in [-0.2, 0) is 4.79 Å². The van der Waals surface area contributed by atoms with E-state index in [0.717, 1.165) is 11.1 Å². The first kappa shape index (κ1) is 11.0. The van der Waals surface area contributed by atoms with Crippen LogP contribution in [0.25, 0.3) is 0 Å². The van der Waals surface area contributed by atoms with Crippen LogP contribution < -0.4 is 0 Å². The number of carbonyl (C=O) groups is 1. The van der Waals surface area contributed by atoms with Crippen molar-refractivity contribution in [2.75, 3.05) is 0 Å². The molecule has 0 heterocycles. The Morgan fingerprint density at radius 3 is 1.43 bits per heavy atom. The first-order chi connectivity index (χ1) is 6.30. The highest BCUT2D eigenvalue weighted by atomic mass is 16.1. The Morgan fingerprint density at radius 1 is 0.929 bits per heavy atom. The van der Waals surface area contributed by atoms with Gasteiger partial charge in [0.1, 0.15) is 0 Å². The van der Waals surface area contributed by atoms with Crippen molar-refractivity contribution in [3.8, 4) is 0 Å². The average molecular weight is 190 g/mol. The molecule has 0 saturated heterocycles. The van der Waals surface area contributed by atoms with E-state index in [0.29, 0.717) is 0 Å². The summed E-state index contributed by atoms with van der Waals surface area (Å²) < 4.78 is 0. The Hall–Kier alpha value is -1.11. The van der Waals surface area contributed by atoms with E-state index in [-0.39, 0.29) is 5.78 Å². The molecule has 1 aliphatic carbocycles. The Morgan fingerprint density at radius 2 is 1.21 bits per heavy atom. The first-order valence-electron chi connectivity index (χ1n) is 4.85. The minimum atomic E-state index is -0.422. The van der Waals surface area contributed by atoms with E-state index in [1.165, 1.54) is 0 Å². The van der Waals surface area contributed by atoms with Crippen molar-refractivity contribution >= 4 is 5.78 Å². The minimum Gasteiger partial charge on any atom is -0.298 e. The third-order valence-corrected chi connectivity index (χ3v) is 3.18. The summed E-state index contributed by atoms with van der Waals surface area (Å²) in [6, 6.07) is 0. The fourth-order valence-corrected chi connectivity index (χ4v) is 2.43. The van der Waals surface area contributed by atoms with Crippen molar-refractivity contribution in [3.63, 3.8) is 0 Å². The molecule has 1 rings (SSSR count). The normalized spacial score (nSPS) is 23.9. The Labute approximate surface area is 86.2 Å². The molecule has 0 aromatic rings. The van der Waals surface area contributed by atoms with Gasteiger partial charge in [-0.2, -0.15) is 0 Å². The Bertz CT molecular complexity index is 308. The second kappa shape index (κ2) is 2.94. The molecule has 0 fully saturated rings. The van der Waals surface area contributed by atoms with Gasteiger partial charge in [0.25, 0.3) is 0 Å². The van der Waals surface area contributed by atoms with E-state index in [9.17, 15) is 4.79 Å². The molecule has 0 aromatic heterocycles. The lowest BCUT2D eigenvalue weighted by Gasteiger charge is -2.23. The molecule has 1 heteroatoms. The molecule has 0 aliphatic heterocycles. The molecular formula is C13H18O. The van der Waals surface area contributed by atoms with E-state index in [4.69, 9.17) is 0 Å². The number of carbonyl (C=O) groups excluding carboxylic acids is 1. The molecule has 0 N–H and O–H groups in total. The zero-order valence-corrected chi connectivity index (χ0v) is 9.48. The van der Waals surface area contributed by atoms with E-state index in [2.05, 4.69) is 13.2 Å². The summed E-state index contributed by atoms with van der Waals surface area (Å²) in [4.78, 5) is 12.2. The molecule has 0 spiro atoms. The second-order valence-corrected chi connectivity index (χ2v) is 4.81. The number of ketones is 1. The van der Waals surface area contributed by atoms with E-state index in [1.807, 2.05) is 27.7 Å². The molecule has 0 atom stereocenters. The molecule has 0 aromatic carbocycles. The summed E-state index contributed by atoms with van der Waals surface area (Å²) in [7, 11) is 0. The van der Waals surface area contributed by atoms with Crippen LogP contribution in [0.3, 0.4) is 0 Å². The van der Waals surface area contributed by atoms with Gasteiger partial charge in [0.05, 0.1) is 0 Å². The maximum atomic E-state index is 12.2. The van der Waals surface area contributed by atoms with Crippen molar-refractivity contribution < 1.29 is 4.79 Å². The van der Waals surface area contributed by atoms with Gasteiger partial charge < -0.3 is 0 Å². The number of allylic oxidation sites excluding steroid dienone is 4. The molecule has 0 radical (unpaired) electrons. The first-order valence-corrected chi connectivity index (χ1v) is 4.85. The third-order valence-electron chi connectivity index (χ3n) is 3.18. The van der Waals surface area contributed by atoms with E-state index < -0.39 is 10.8 Å². The highest BCUT2D eigenvalue weighted by Crippen LogP contribution is 2.50. The van der Waals surface area contributed by atoms with Gasteiger partial charge in [0.2, 0.25) is 0 Å². The smallest absolute Gasteiger partial charge is 0.152 e. The predicted molar refractivity (Wildman–Crippen MR) is 60.0 cm³/mol. The standard InChI is InChI=1S/C13H18O/c1-7-9-10(8-2)13(5,6)11(14)12(9,3)4/h7-8H,1-2H2,3-6H3. The van der Waals surface area contributed by atoms with Gasteiger partial charge in [-0.3, -0.25) is 4.79 Å². The monoisotopic (exact) mass is 190 g/mol. The summed E-state index contributed by atoms with van der Waals surface area (Å²) in [5.41, 5.74) is 1.19. The molecule has 0 saturated carbocycles. The maximum absolute atomic E-state index is 12.2. The van der Waals surface area contributed by atoms with Gasteiger partial charge in [-0.15, -0.1) is 0 Å². The highest BCUT2D eigenvalue weighted by Gasteiger charge is 2.49. The average Bonchev–Trinajstić information content (AvgIpc) is 2.22. The van der Waals surface area contributed by atoms with Crippen LogP contribution >= 0.6 is 0 Å². The molecule has 0 amide bonds. The van der Waals surface area contributed by atoms with Crippen LogP contribution in [0, 0.1) is 10.8 Å². The number of hydrogen-bond donors (Lipinski definition) is 0. The number of Topliss-reactive ketones (excluding diaryl/α,β-unsaturated/α-hetero) is 1. The van der Waals surface area contributed by atoms with Crippen molar-refractivity contribution in [2.24, 2.45) is 10.8 Å². The van der Waals surface area contributed by atoms with Crippen LogP contribution in [0.2, 0.25) is 0 Å². The lowest BCUT2D eigenvalue weighted by Crippen LogP contribution is -2.30. The quantitative estimate of drug-likeness (QED) is 0.653. The van der Waals surface area contributed by atoms with E-state index >= 15 is 0 Å². The number of hydrogen-bond acceptors (Lipinski definition) is 1. The largest absolute Gasteiger partial charge is 0.298 e. The van der Waals surface area contributed by atoms with Crippen molar-refractivity contribution in [2.45, 2.75) is 27.7 Å². The lowest BCUT2D eigenvalue weighted by atomic mass is 9.78. The molecular weight excluding hydrogens is 172 g/mol. The van der Waals surface area contributed by atoms with Gasteiger partial charge in [0.15, 0.2) is 5.78 Å². The summed E-state index contributed by atoms with van der Waals surface area (Å²) in [6.07, 6.45) is 3.56. The van der Waals surface area contributed by atoms with Gasteiger partial charge in [-0.05, 0) is 38.8 Å². The van der Waals surface area contributed by atoms with Gasteiger partial charge in [-0.25, -0.2) is 0 Å². The topological polar surface area (TPSA) is 17.1 Å². The van der Waals surface area contributed by atoms with Crippen LogP contribution in [0.4, 0.5) is 0 Å². The summed E-state index contributed by atoms with van der Waals surface area (Å²) in [6.45, 7) is 15.4. The van der Waals surface area contributed by atoms with Gasteiger partial charge >= 0.3 is 0 Å².